The van der Waals surface area contributed by atoms with Gasteiger partial charge < -0.3 is 0 Å². The van der Waals surface area contributed by atoms with Gasteiger partial charge in [0.25, 0.3) is 0 Å². The molecule has 4 heteroatoms. The van der Waals surface area contributed by atoms with Crippen molar-refractivity contribution in [2.45, 2.75) is 6.42 Å². The van der Waals surface area contributed by atoms with Gasteiger partial charge in [-0.15, -0.1) is 10.2 Å². The molecule has 0 fully saturated rings. The third-order valence-corrected chi connectivity index (χ3v) is 1.54. The Kier molecular flexibility index (Phi) is 1.25. The van der Waals surface area contributed by atoms with Crippen LogP contribution >= 0.6 is 0 Å². The molecule has 0 N–H and O–H groups in total. The second kappa shape index (κ2) is 2.23. The van der Waals surface area contributed by atoms with Crippen molar-refractivity contribution in [1.82, 2.24) is 15.4 Å². The quantitative estimate of drug-likeness (QED) is 0.518. The van der Waals surface area contributed by atoms with E-state index in [0.717, 1.165) is 11.3 Å². The molecule has 0 saturated heterocycles. The first-order chi connectivity index (χ1) is 5.36. The van der Waals surface area contributed by atoms with Crippen molar-refractivity contribution in [2.75, 3.05) is 0 Å². The molecule has 1 heterocycles. The summed E-state index contributed by atoms with van der Waals surface area (Å²) < 4.78 is 0. The summed E-state index contributed by atoms with van der Waals surface area (Å²) in [5, 5.41) is 10.8. The van der Waals surface area contributed by atoms with Crippen LogP contribution in [0.3, 0.4) is 0 Å². The number of ketones is 1. The van der Waals surface area contributed by atoms with E-state index < -0.39 is 0 Å². The number of allylic oxidation sites excluding steroid dienone is 1. The minimum absolute atomic E-state index is 0.0901. The van der Waals surface area contributed by atoms with Gasteiger partial charge in [-0.05, 0) is 17.4 Å². The fraction of sp³-hybridized carbons (Fsp3) is 0.143. The number of aromatic nitrogens is 3. The van der Waals surface area contributed by atoms with E-state index in [1.54, 1.807) is 12.3 Å². The standard InChI is InChI=1S/C7H5N3O/c11-6-1-2-7-5(3-6)4-8-10-9-7/h1-2,4H,3H2. The van der Waals surface area contributed by atoms with Crippen LogP contribution in [0.5, 0.6) is 0 Å². The van der Waals surface area contributed by atoms with Crippen molar-refractivity contribution < 1.29 is 4.79 Å². The molecule has 54 valence electrons. The van der Waals surface area contributed by atoms with Gasteiger partial charge in [-0.3, -0.25) is 4.79 Å². The minimum Gasteiger partial charge on any atom is -0.294 e. The number of rotatable bonds is 0. The zero-order valence-corrected chi connectivity index (χ0v) is 5.69. The molecule has 0 atom stereocenters. The van der Waals surface area contributed by atoms with Crippen LogP contribution < -0.4 is 0 Å². The monoisotopic (exact) mass is 147 g/mol. The van der Waals surface area contributed by atoms with Crippen molar-refractivity contribution >= 4 is 11.9 Å². The normalized spacial score (nSPS) is 14.7. The summed E-state index contributed by atoms with van der Waals surface area (Å²) in [6, 6.07) is 0. The summed E-state index contributed by atoms with van der Waals surface area (Å²) in [7, 11) is 0. The Labute approximate surface area is 63.0 Å². The summed E-state index contributed by atoms with van der Waals surface area (Å²) in [6.07, 6.45) is 5.14. The van der Waals surface area contributed by atoms with Crippen LogP contribution in [0.4, 0.5) is 0 Å². The number of fused-ring (bicyclic) bond motifs is 1. The van der Waals surface area contributed by atoms with Crippen LogP contribution in [0.15, 0.2) is 12.3 Å². The van der Waals surface area contributed by atoms with Crippen molar-refractivity contribution in [1.29, 1.82) is 0 Å². The van der Waals surface area contributed by atoms with Gasteiger partial charge in [0.05, 0.1) is 11.9 Å². The van der Waals surface area contributed by atoms with E-state index in [0.29, 0.717) is 6.42 Å². The lowest BCUT2D eigenvalue weighted by atomic mass is 10.0. The zero-order chi connectivity index (χ0) is 7.68. The Balaban J connectivity index is 2.54. The summed E-state index contributed by atoms with van der Waals surface area (Å²) in [4.78, 5) is 10.9. The molecule has 0 radical (unpaired) electrons. The maximum Gasteiger partial charge on any atom is 0.160 e. The first-order valence-electron chi connectivity index (χ1n) is 3.24. The summed E-state index contributed by atoms with van der Waals surface area (Å²) in [6.45, 7) is 0. The van der Waals surface area contributed by atoms with Gasteiger partial charge in [-0.1, -0.05) is 0 Å². The molecule has 1 aliphatic rings. The number of hydrogen-bond donors (Lipinski definition) is 0. The Hall–Kier alpha value is -1.58. The first kappa shape index (κ1) is 6.15. The highest BCUT2D eigenvalue weighted by molar-refractivity contribution is 5.97. The third kappa shape index (κ3) is 1.02. The van der Waals surface area contributed by atoms with E-state index in [4.69, 9.17) is 0 Å². The average molecular weight is 147 g/mol. The second-order valence-electron chi connectivity index (χ2n) is 2.32. The Morgan fingerprint density at radius 3 is 3.18 bits per heavy atom. The first-order valence-corrected chi connectivity index (χ1v) is 3.24. The van der Waals surface area contributed by atoms with Gasteiger partial charge in [-0.2, -0.15) is 0 Å². The maximum absolute atomic E-state index is 10.9. The van der Waals surface area contributed by atoms with Crippen LogP contribution in [-0.2, 0) is 11.2 Å². The molecule has 1 aromatic rings. The van der Waals surface area contributed by atoms with E-state index in [9.17, 15) is 4.79 Å². The minimum atomic E-state index is 0.0901. The fourth-order valence-corrected chi connectivity index (χ4v) is 0.995. The topological polar surface area (TPSA) is 55.7 Å². The van der Waals surface area contributed by atoms with Gasteiger partial charge >= 0.3 is 0 Å². The predicted molar refractivity (Wildman–Crippen MR) is 37.6 cm³/mol. The molecule has 1 aromatic heterocycles. The molecule has 11 heavy (non-hydrogen) atoms. The summed E-state index contributed by atoms with van der Waals surface area (Å²) in [5.74, 6) is 0.0901. The molecule has 2 rings (SSSR count). The van der Waals surface area contributed by atoms with E-state index in [1.165, 1.54) is 6.08 Å². The third-order valence-electron chi connectivity index (χ3n) is 1.54. The average Bonchev–Trinajstić information content (AvgIpc) is 2.04. The van der Waals surface area contributed by atoms with Crippen LogP contribution in [0, 0.1) is 0 Å². The molecule has 0 unspecified atom stereocenters. The lowest BCUT2D eigenvalue weighted by Gasteiger charge is -2.04. The Morgan fingerprint density at radius 2 is 2.27 bits per heavy atom. The molecule has 0 spiro atoms. The molecule has 0 amide bonds. The Bertz CT molecular complexity index is 332. The summed E-state index contributed by atoms with van der Waals surface area (Å²) in [5.41, 5.74) is 1.60. The fourth-order valence-electron chi connectivity index (χ4n) is 0.995. The van der Waals surface area contributed by atoms with E-state index in [-0.39, 0.29) is 5.78 Å². The molecular formula is C7H5N3O. The van der Waals surface area contributed by atoms with Gasteiger partial charge in [-0.25, -0.2) is 0 Å². The predicted octanol–water partition coefficient (Wildman–Crippen LogP) is 0.01000. The SMILES string of the molecule is O=C1C=Cc2nnncc2C1. The smallest absolute Gasteiger partial charge is 0.160 e. The van der Waals surface area contributed by atoms with Crippen molar-refractivity contribution in [2.24, 2.45) is 0 Å². The van der Waals surface area contributed by atoms with E-state index >= 15 is 0 Å². The van der Waals surface area contributed by atoms with Crippen molar-refractivity contribution in [3.05, 3.63) is 23.5 Å². The second-order valence-corrected chi connectivity index (χ2v) is 2.32. The number of hydrogen-bond acceptors (Lipinski definition) is 4. The van der Waals surface area contributed by atoms with E-state index in [1.807, 2.05) is 0 Å². The molecule has 0 aliphatic heterocycles. The lowest BCUT2D eigenvalue weighted by molar-refractivity contribution is -0.114. The number of carbonyl (C=O) groups excluding carboxylic acids is 1. The number of nitrogens with zero attached hydrogens (tertiary/aromatic N) is 3. The Morgan fingerprint density at radius 1 is 1.36 bits per heavy atom. The zero-order valence-electron chi connectivity index (χ0n) is 5.69. The van der Waals surface area contributed by atoms with Gasteiger partial charge in [0, 0.05) is 12.0 Å². The van der Waals surface area contributed by atoms with Crippen molar-refractivity contribution in [3.63, 3.8) is 0 Å². The van der Waals surface area contributed by atoms with E-state index in [2.05, 4.69) is 15.4 Å². The highest BCUT2D eigenvalue weighted by Crippen LogP contribution is 2.11. The molecular weight excluding hydrogens is 142 g/mol. The number of carbonyl (C=O) groups is 1. The largest absolute Gasteiger partial charge is 0.294 e. The van der Waals surface area contributed by atoms with Crippen LogP contribution in [0.1, 0.15) is 11.3 Å². The van der Waals surface area contributed by atoms with Crippen molar-refractivity contribution in [3.8, 4) is 0 Å². The molecule has 0 aromatic carbocycles. The van der Waals surface area contributed by atoms with Gasteiger partial charge in [0.1, 0.15) is 0 Å². The lowest BCUT2D eigenvalue weighted by Crippen LogP contribution is -2.08. The van der Waals surface area contributed by atoms with Gasteiger partial charge in [0.15, 0.2) is 5.78 Å². The summed E-state index contributed by atoms with van der Waals surface area (Å²) >= 11 is 0. The highest BCUT2D eigenvalue weighted by atomic mass is 16.1. The van der Waals surface area contributed by atoms with Crippen LogP contribution in [-0.4, -0.2) is 21.2 Å². The molecule has 4 nitrogen and oxygen atoms in total. The maximum atomic E-state index is 10.9. The molecule has 0 bridgehead atoms. The molecule has 1 aliphatic carbocycles. The van der Waals surface area contributed by atoms with Crippen LogP contribution in [0.2, 0.25) is 0 Å². The van der Waals surface area contributed by atoms with Crippen LogP contribution in [0.25, 0.3) is 6.08 Å². The molecule has 0 saturated carbocycles. The highest BCUT2D eigenvalue weighted by Gasteiger charge is 2.10. The van der Waals surface area contributed by atoms with Gasteiger partial charge in [0.2, 0.25) is 0 Å².